The Balaban J connectivity index is 1.69. The number of imide groups is 1. The fraction of sp³-hybridized carbons (Fsp3) is 0.105. The van der Waals surface area contributed by atoms with Crippen LogP contribution in [-0.4, -0.2) is 40.7 Å². The van der Waals surface area contributed by atoms with Crippen LogP contribution < -0.4 is 5.32 Å². The molecule has 1 N–H and O–H groups in total. The number of thioether (sulfide) groups is 1. The maximum Gasteiger partial charge on any atom is 0.337 e. The van der Waals surface area contributed by atoms with Gasteiger partial charge in [0, 0.05) is 17.8 Å². The highest BCUT2D eigenvalue weighted by atomic mass is 32.2. The molecule has 1 saturated heterocycles. The zero-order valence-electron chi connectivity index (χ0n) is 15.2. The lowest BCUT2D eigenvalue weighted by Gasteiger charge is -2.14. The van der Waals surface area contributed by atoms with E-state index >= 15 is 0 Å². The maximum absolute atomic E-state index is 12.5. The SMILES string of the molecule is COC(=O)c1ccc(/C=C2/SC(=O)N(CNc3cccc([N+](=O)[O-])c3)C2=O)cc1. The van der Waals surface area contributed by atoms with Crippen molar-refractivity contribution in [1.29, 1.82) is 0 Å². The molecule has 1 fully saturated rings. The first-order valence-corrected chi connectivity index (χ1v) is 9.13. The smallest absolute Gasteiger partial charge is 0.337 e. The fourth-order valence-corrected chi connectivity index (χ4v) is 3.36. The average molecular weight is 413 g/mol. The molecule has 0 saturated carbocycles. The molecule has 148 valence electrons. The number of hydrogen-bond acceptors (Lipinski definition) is 8. The van der Waals surface area contributed by atoms with E-state index < -0.39 is 22.0 Å². The molecule has 2 aromatic carbocycles. The zero-order chi connectivity index (χ0) is 21.0. The Kier molecular flexibility index (Phi) is 5.93. The normalized spacial score (nSPS) is 14.9. The summed E-state index contributed by atoms with van der Waals surface area (Å²) >= 11 is 0.794. The molecule has 0 bridgehead atoms. The summed E-state index contributed by atoms with van der Waals surface area (Å²) in [7, 11) is 1.29. The molecule has 1 heterocycles. The first-order chi connectivity index (χ1) is 13.9. The van der Waals surface area contributed by atoms with Crippen LogP contribution in [-0.2, 0) is 9.53 Å². The lowest BCUT2D eigenvalue weighted by Crippen LogP contribution is -2.33. The molecule has 0 atom stereocenters. The number of nitrogens with one attached hydrogen (secondary N) is 1. The van der Waals surface area contributed by atoms with Crippen molar-refractivity contribution in [2.45, 2.75) is 0 Å². The number of ether oxygens (including phenoxy) is 1. The minimum Gasteiger partial charge on any atom is -0.465 e. The Morgan fingerprint density at radius 2 is 1.97 bits per heavy atom. The number of amides is 2. The quantitative estimate of drug-likeness (QED) is 0.331. The molecule has 0 unspecified atom stereocenters. The summed E-state index contributed by atoms with van der Waals surface area (Å²) in [5, 5.41) is 13.2. The maximum atomic E-state index is 12.5. The number of nitrogens with zero attached hydrogens (tertiary/aromatic N) is 2. The Morgan fingerprint density at radius 3 is 2.62 bits per heavy atom. The van der Waals surface area contributed by atoms with E-state index in [0.717, 1.165) is 16.7 Å². The summed E-state index contributed by atoms with van der Waals surface area (Å²) < 4.78 is 4.63. The molecule has 1 aliphatic rings. The van der Waals surface area contributed by atoms with Crippen molar-refractivity contribution < 1.29 is 24.0 Å². The average Bonchev–Trinajstić information content (AvgIpc) is 2.99. The summed E-state index contributed by atoms with van der Waals surface area (Å²) in [6.07, 6.45) is 1.55. The van der Waals surface area contributed by atoms with Crippen LogP contribution in [0.3, 0.4) is 0 Å². The van der Waals surface area contributed by atoms with Gasteiger partial charge in [-0.05, 0) is 41.6 Å². The number of rotatable bonds is 6. The van der Waals surface area contributed by atoms with Crippen LogP contribution in [0.5, 0.6) is 0 Å². The molecule has 10 heteroatoms. The Hall–Kier alpha value is -3.66. The Labute approximate surface area is 169 Å². The van der Waals surface area contributed by atoms with Crippen molar-refractivity contribution in [3.63, 3.8) is 0 Å². The number of nitro benzene ring substituents is 1. The number of methoxy groups -OCH3 is 1. The molecule has 2 aromatic rings. The largest absolute Gasteiger partial charge is 0.465 e. The second-order valence-corrected chi connectivity index (χ2v) is 6.86. The van der Waals surface area contributed by atoms with Crippen molar-refractivity contribution in [3.05, 3.63) is 74.7 Å². The molecule has 0 radical (unpaired) electrons. The van der Waals surface area contributed by atoms with Crippen molar-refractivity contribution in [1.82, 2.24) is 4.90 Å². The molecule has 2 amide bonds. The van der Waals surface area contributed by atoms with Gasteiger partial charge in [-0.3, -0.25) is 24.6 Å². The van der Waals surface area contributed by atoms with E-state index in [1.54, 1.807) is 36.4 Å². The number of anilines is 1. The van der Waals surface area contributed by atoms with Crippen LogP contribution in [0.4, 0.5) is 16.2 Å². The Morgan fingerprint density at radius 1 is 1.24 bits per heavy atom. The molecule has 0 aromatic heterocycles. The molecule has 9 nitrogen and oxygen atoms in total. The predicted molar refractivity (Wildman–Crippen MR) is 107 cm³/mol. The van der Waals surface area contributed by atoms with Gasteiger partial charge in [-0.2, -0.15) is 0 Å². The molecule has 0 aliphatic carbocycles. The predicted octanol–water partition coefficient (Wildman–Crippen LogP) is 3.49. The topological polar surface area (TPSA) is 119 Å². The van der Waals surface area contributed by atoms with E-state index in [2.05, 4.69) is 10.1 Å². The molecular weight excluding hydrogens is 398 g/mol. The van der Waals surface area contributed by atoms with Gasteiger partial charge >= 0.3 is 5.97 Å². The van der Waals surface area contributed by atoms with Gasteiger partial charge in [-0.25, -0.2) is 4.79 Å². The molecule has 3 rings (SSSR count). The first-order valence-electron chi connectivity index (χ1n) is 8.31. The summed E-state index contributed by atoms with van der Waals surface area (Å²) in [5.74, 6) is -0.945. The highest BCUT2D eigenvalue weighted by Crippen LogP contribution is 2.32. The second kappa shape index (κ2) is 8.57. The van der Waals surface area contributed by atoms with Crippen LogP contribution >= 0.6 is 11.8 Å². The third kappa shape index (κ3) is 4.61. The van der Waals surface area contributed by atoms with Gasteiger partial charge < -0.3 is 10.1 Å². The van der Waals surface area contributed by atoms with E-state index in [1.165, 1.54) is 25.3 Å². The number of carbonyl (C=O) groups excluding carboxylic acids is 3. The fourth-order valence-electron chi connectivity index (χ4n) is 2.52. The minimum absolute atomic E-state index is 0.0977. The van der Waals surface area contributed by atoms with Crippen LogP contribution in [0.15, 0.2) is 53.4 Å². The van der Waals surface area contributed by atoms with Crippen LogP contribution in [0, 0.1) is 10.1 Å². The second-order valence-electron chi connectivity index (χ2n) is 5.87. The van der Waals surface area contributed by atoms with Gasteiger partial charge in [0.2, 0.25) is 0 Å². The monoisotopic (exact) mass is 413 g/mol. The molecule has 29 heavy (non-hydrogen) atoms. The molecule has 0 spiro atoms. The van der Waals surface area contributed by atoms with Crippen LogP contribution in [0.1, 0.15) is 15.9 Å². The number of hydrogen-bond donors (Lipinski definition) is 1. The lowest BCUT2D eigenvalue weighted by molar-refractivity contribution is -0.384. The number of carbonyl (C=O) groups is 3. The van der Waals surface area contributed by atoms with E-state index in [9.17, 15) is 24.5 Å². The summed E-state index contributed by atoms with van der Waals surface area (Å²) in [6.45, 7) is -0.121. The number of nitro groups is 1. The van der Waals surface area contributed by atoms with Gasteiger partial charge in [0.25, 0.3) is 16.8 Å². The number of benzene rings is 2. The Bertz CT molecular complexity index is 1020. The zero-order valence-corrected chi connectivity index (χ0v) is 16.0. The van der Waals surface area contributed by atoms with Crippen molar-refractivity contribution in [3.8, 4) is 0 Å². The highest BCUT2D eigenvalue weighted by Gasteiger charge is 2.34. The van der Waals surface area contributed by atoms with Gasteiger partial charge in [-0.1, -0.05) is 18.2 Å². The van der Waals surface area contributed by atoms with Crippen molar-refractivity contribution >= 4 is 46.3 Å². The lowest BCUT2D eigenvalue weighted by atomic mass is 10.1. The summed E-state index contributed by atoms with van der Waals surface area (Å²) in [6, 6.07) is 12.2. The van der Waals surface area contributed by atoms with Crippen molar-refractivity contribution in [2.24, 2.45) is 0 Å². The van der Waals surface area contributed by atoms with E-state index in [1.807, 2.05) is 0 Å². The van der Waals surface area contributed by atoms with Gasteiger partial charge in [0.1, 0.15) is 0 Å². The molecular formula is C19H15N3O6S. The van der Waals surface area contributed by atoms with Gasteiger partial charge in [-0.15, -0.1) is 0 Å². The number of non-ortho nitro benzene ring substituents is 1. The minimum atomic E-state index is -0.528. The van der Waals surface area contributed by atoms with E-state index in [0.29, 0.717) is 16.8 Å². The van der Waals surface area contributed by atoms with E-state index in [-0.39, 0.29) is 17.3 Å². The van der Waals surface area contributed by atoms with E-state index in [4.69, 9.17) is 0 Å². The highest BCUT2D eigenvalue weighted by molar-refractivity contribution is 8.18. The summed E-state index contributed by atoms with van der Waals surface area (Å²) in [5.41, 5.74) is 1.34. The van der Waals surface area contributed by atoms with Crippen LogP contribution in [0.2, 0.25) is 0 Å². The summed E-state index contributed by atoms with van der Waals surface area (Å²) in [4.78, 5) is 47.7. The first kappa shape index (κ1) is 20.1. The third-order valence-electron chi connectivity index (χ3n) is 4.00. The van der Waals surface area contributed by atoms with Gasteiger partial charge in [0.05, 0.1) is 29.2 Å². The van der Waals surface area contributed by atoms with Gasteiger partial charge in [0.15, 0.2) is 0 Å². The van der Waals surface area contributed by atoms with Crippen LogP contribution in [0.25, 0.3) is 6.08 Å². The number of esters is 1. The standard InChI is InChI=1S/C19H15N3O6S/c1-28-18(24)13-7-5-12(6-8-13)9-16-17(23)21(19(25)29-16)11-20-14-3-2-4-15(10-14)22(26)27/h2-10,20H,11H2,1H3/b16-9+. The van der Waals surface area contributed by atoms with Crippen molar-refractivity contribution in [2.75, 3.05) is 19.1 Å². The molecule has 1 aliphatic heterocycles. The third-order valence-corrected chi connectivity index (χ3v) is 4.91.